The Morgan fingerprint density at radius 2 is 2.36 bits per heavy atom. The van der Waals surface area contributed by atoms with E-state index in [-0.39, 0.29) is 0 Å². The van der Waals surface area contributed by atoms with Crippen LogP contribution in [0, 0.1) is 6.92 Å². The van der Waals surface area contributed by atoms with Crippen molar-refractivity contribution in [2.75, 3.05) is 0 Å². The Kier molecular flexibility index (Phi) is 1.55. The summed E-state index contributed by atoms with van der Waals surface area (Å²) in [5.41, 5.74) is 1.18. The number of hydrogen-bond donors (Lipinski definition) is 0. The van der Waals surface area contributed by atoms with E-state index < -0.39 is 0 Å². The SMILES string of the molecule is Cc1cc(-c2cccs2)co1. The van der Waals surface area contributed by atoms with Crippen LogP contribution >= 0.6 is 11.3 Å². The first-order valence-electron chi connectivity index (χ1n) is 3.45. The maximum Gasteiger partial charge on any atom is 0.101 e. The molecule has 2 heterocycles. The molecular formula is C9H8OS. The fourth-order valence-electron chi connectivity index (χ4n) is 1.02. The first-order valence-corrected chi connectivity index (χ1v) is 4.33. The summed E-state index contributed by atoms with van der Waals surface area (Å²) in [6.45, 7) is 1.96. The second-order valence-electron chi connectivity index (χ2n) is 2.42. The predicted molar refractivity (Wildman–Crippen MR) is 46.8 cm³/mol. The molecule has 0 radical (unpaired) electrons. The summed E-state index contributed by atoms with van der Waals surface area (Å²) in [6, 6.07) is 6.18. The summed E-state index contributed by atoms with van der Waals surface area (Å²) < 4.78 is 5.19. The van der Waals surface area contributed by atoms with Crippen molar-refractivity contribution >= 4 is 11.3 Å². The van der Waals surface area contributed by atoms with Gasteiger partial charge in [-0.2, -0.15) is 0 Å². The highest BCUT2D eigenvalue weighted by Gasteiger charge is 2.00. The van der Waals surface area contributed by atoms with E-state index in [4.69, 9.17) is 4.42 Å². The van der Waals surface area contributed by atoms with E-state index in [1.807, 2.05) is 19.1 Å². The fraction of sp³-hybridized carbons (Fsp3) is 0.111. The minimum Gasteiger partial charge on any atom is -0.469 e. The maximum absolute atomic E-state index is 5.19. The molecule has 56 valence electrons. The number of furan rings is 1. The van der Waals surface area contributed by atoms with Crippen LogP contribution in [0.2, 0.25) is 0 Å². The molecule has 1 nitrogen and oxygen atoms in total. The van der Waals surface area contributed by atoms with Gasteiger partial charge in [0.25, 0.3) is 0 Å². The Bertz CT molecular complexity index is 332. The molecule has 0 aliphatic carbocycles. The van der Waals surface area contributed by atoms with Crippen molar-refractivity contribution in [1.29, 1.82) is 0 Å². The van der Waals surface area contributed by atoms with Gasteiger partial charge in [0.05, 0.1) is 6.26 Å². The van der Waals surface area contributed by atoms with Crippen molar-refractivity contribution in [2.24, 2.45) is 0 Å². The second kappa shape index (κ2) is 2.55. The Morgan fingerprint density at radius 3 is 2.91 bits per heavy atom. The lowest BCUT2D eigenvalue weighted by Gasteiger charge is -1.84. The van der Waals surface area contributed by atoms with Gasteiger partial charge >= 0.3 is 0 Å². The minimum absolute atomic E-state index is 0.966. The molecular weight excluding hydrogens is 156 g/mol. The van der Waals surface area contributed by atoms with Gasteiger partial charge in [0, 0.05) is 10.4 Å². The van der Waals surface area contributed by atoms with E-state index in [1.54, 1.807) is 17.6 Å². The van der Waals surface area contributed by atoms with Crippen LogP contribution in [-0.4, -0.2) is 0 Å². The molecule has 0 aliphatic heterocycles. The smallest absolute Gasteiger partial charge is 0.101 e. The van der Waals surface area contributed by atoms with Crippen LogP contribution < -0.4 is 0 Å². The zero-order valence-corrected chi connectivity index (χ0v) is 7.02. The van der Waals surface area contributed by atoms with Gasteiger partial charge in [-0.05, 0) is 24.4 Å². The van der Waals surface area contributed by atoms with Crippen LogP contribution in [0.5, 0.6) is 0 Å². The van der Waals surface area contributed by atoms with Crippen molar-refractivity contribution in [3.63, 3.8) is 0 Å². The molecule has 0 unspecified atom stereocenters. The fourth-order valence-corrected chi connectivity index (χ4v) is 1.72. The summed E-state index contributed by atoms with van der Waals surface area (Å²) in [5, 5.41) is 2.07. The molecule has 2 heteroatoms. The molecule has 0 N–H and O–H groups in total. The summed E-state index contributed by atoms with van der Waals surface area (Å²) in [7, 11) is 0. The largest absolute Gasteiger partial charge is 0.469 e. The molecule has 0 aliphatic rings. The molecule has 2 rings (SSSR count). The topological polar surface area (TPSA) is 13.1 Å². The molecule has 0 saturated heterocycles. The van der Waals surface area contributed by atoms with Gasteiger partial charge in [-0.15, -0.1) is 11.3 Å². The molecule has 0 amide bonds. The highest BCUT2D eigenvalue weighted by molar-refractivity contribution is 7.13. The van der Waals surface area contributed by atoms with E-state index in [2.05, 4.69) is 11.4 Å². The van der Waals surface area contributed by atoms with E-state index in [0.29, 0.717) is 0 Å². The summed E-state index contributed by atoms with van der Waals surface area (Å²) in [4.78, 5) is 1.27. The van der Waals surface area contributed by atoms with Gasteiger partial charge < -0.3 is 4.42 Å². The standard InChI is InChI=1S/C9H8OS/c1-7-5-8(6-10-7)9-3-2-4-11-9/h2-6H,1H3. The van der Waals surface area contributed by atoms with Crippen molar-refractivity contribution in [3.8, 4) is 10.4 Å². The predicted octanol–water partition coefficient (Wildman–Crippen LogP) is 3.32. The van der Waals surface area contributed by atoms with E-state index in [1.165, 1.54) is 10.4 Å². The third kappa shape index (κ3) is 1.21. The molecule has 2 aromatic rings. The first kappa shape index (κ1) is 6.68. The quantitative estimate of drug-likeness (QED) is 0.630. The third-order valence-corrected chi connectivity index (χ3v) is 2.46. The monoisotopic (exact) mass is 164 g/mol. The van der Waals surface area contributed by atoms with Gasteiger partial charge in [0.2, 0.25) is 0 Å². The van der Waals surface area contributed by atoms with E-state index >= 15 is 0 Å². The van der Waals surface area contributed by atoms with Crippen LogP contribution in [0.15, 0.2) is 34.3 Å². The number of rotatable bonds is 1. The molecule has 0 saturated carbocycles. The third-order valence-electron chi connectivity index (χ3n) is 1.54. The molecule has 0 bridgehead atoms. The molecule has 0 atom stereocenters. The Hall–Kier alpha value is -1.02. The highest BCUT2D eigenvalue weighted by Crippen LogP contribution is 2.25. The van der Waals surface area contributed by atoms with Crippen molar-refractivity contribution < 1.29 is 4.42 Å². The second-order valence-corrected chi connectivity index (χ2v) is 3.37. The van der Waals surface area contributed by atoms with Gasteiger partial charge in [-0.25, -0.2) is 0 Å². The van der Waals surface area contributed by atoms with Crippen LogP contribution in [0.4, 0.5) is 0 Å². The average Bonchev–Trinajstić information content (AvgIpc) is 2.55. The molecule has 0 fully saturated rings. The van der Waals surface area contributed by atoms with Gasteiger partial charge in [0.15, 0.2) is 0 Å². The Balaban J connectivity index is 2.45. The van der Waals surface area contributed by atoms with Crippen LogP contribution in [0.25, 0.3) is 10.4 Å². The van der Waals surface area contributed by atoms with Crippen LogP contribution in [0.3, 0.4) is 0 Å². The summed E-state index contributed by atoms with van der Waals surface area (Å²) in [5.74, 6) is 0.966. The zero-order valence-electron chi connectivity index (χ0n) is 6.20. The summed E-state index contributed by atoms with van der Waals surface area (Å²) in [6.07, 6.45) is 1.79. The lowest BCUT2D eigenvalue weighted by atomic mass is 10.3. The van der Waals surface area contributed by atoms with Crippen molar-refractivity contribution in [2.45, 2.75) is 6.92 Å². The Labute approximate surface area is 69.3 Å². The average molecular weight is 164 g/mol. The van der Waals surface area contributed by atoms with Crippen molar-refractivity contribution in [1.82, 2.24) is 0 Å². The molecule has 2 aromatic heterocycles. The van der Waals surface area contributed by atoms with E-state index in [9.17, 15) is 0 Å². The molecule has 0 spiro atoms. The zero-order chi connectivity index (χ0) is 7.68. The van der Waals surface area contributed by atoms with E-state index in [0.717, 1.165) is 5.76 Å². The maximum atomic E-state index is 5.19. The molecule has 11 heavy (non-hydrogen) atoms. The number of hydrogen-bond acceptors (Lipinski definition) is 2. The lowest BCUT2D eigenvalue weighted by Crippen LogP contribution is -1.60. The highest BCUT2D eigenvalue weighted by atomic mass is 32.1. The normalized spacial score (nSPS) is 10.3. The first-order chi connectivity index (χ1) is 5.36. The van der Waals surface area contributed by atoms with Crippen LogP contribution in [-0.2, 0) is 0 Å². The number of thiophene rings is 1. The minimum atomic E-state index is 0.966. The lowest BCUT2D eigenvalue weighted by molar-refractivity contribution is 0.535. The molecule has 0 aromatic carbocycles. The Morgan fingerprint density at radius 1 is 1.45 bits per heavy atom. The van der Waals surface area contributed by atoms with Gasteiger partial charge in [-0.1, -0.05) is 6.07 Å². The summed E-state index contributed by atoms with van der Waals surface area (Å²) >= 11 is 1.73. The van der Waals surface area contributed by atoms with Gasteiger partial charge in [0.1, 0.15) is 5.76 Å². The van der Waals surface area contributed by atoms with Crippen molar-refractivity contribution in [3.05, 3.63) is 35.6 Å². The number of aryl methyl sites for hydroxylation is 1. The van der Waals surface area contributed by atoms with Crippen LogP contribution in [0.1, 0.15) is 5.76 Å². The van der Waals surface area contributed by atoms with Gasteiger partial charge in [-0.3, -0.25) is 0 Å².